The molecule has 1 aromatic heterocycles. The molecule has 0 spiro atoms. The van der Waals surface area contributed by atoms with Gasteiger partial charge in [0.2, 0.25) is 0 Å². The number of halogens is 1. The predicted octanol–water partition coefficient (Wildman–Crippen LogP) is 4.95. The van der Waals surface area contributed by atoms with Gasteiger partial charge in [-0.3, -0.25) is 19.6 Å². The largest absolute Gasteiger partial charge is 0.493 e. The van der Waals surface area contributed by atoms with Gasteiger partial charge >= 0.3 is 0 Å². The van der Waals surface area contributed by atoms with Gasteiger partial charge in [0.1, 0.15) is 6.61 Å². The molecule has 11 heteroatoms. The highest BCUT2D eigenvalue weighted by Crippen LogP contribution is 2.28. The molecule has 188 valence electrons. The highest BCUT2D eigenvalue weighted by Gasteiger charge is 2.10. The molecule has 0 saturated heterocycles. The number of benzene rings is 3. The first kappa shape index (κ1) is 25.6. The second-order valence-corrected chi connectivity index (χ2v) is 8.76. The summed E-state index contributed by atoms with van der Waals surface area (Å²) in [5, 5.41) is 19.1. The van der Waals surface area contributed by atoms with Crippen molar-refractivity contribution in [3.05, 3.63) is 116 Å². The van der Waals surface area contributed by atoms with E-state index in [2.05, 4.69) is 31.6 Å². The number of aromatic nitrogens is 2. The number of rotatable bonds is 10. The van der Waals surface area contributed by atoms with Crippen LogP contribution < -0.4 is 14.9 Å². The Morgan fingerprint density at radius 1 is 1.08 bits per heavy atom. The highest BCUT2D eigenvalue weighted by atomic mass is 79.9. The van der Waals surface area contributed by atoms with Crippen molar-refractivity contribution in [2.24, 2.45) is 5.10 Å². The summed E-state index contributed by atoms with van der Waals surface area (Å²) in [7, 11) is 1.53. The van der Waals surface area contributed by atoms with Gasteiger partial charge in [0.05, 0.1) is 24.8 Å². The third kappa shape index (κ3) is 7.01. The first-order valence-corrected chi connectivity index (χ1v) is 11.9. The van der Waals surface area contributed by atoms with Crippen LogP contribution in [0.25, 0.3) is 0 Å². The summed E-state index contributed by atoms with van der Waals surface area (Å²) in [6.45, 7) is 0.729. The first-order valence-electron chi connectivity index (χ1n) is 11.1. The van der Waals surface area contributed by atoms with Crippen LogP contribution in [-0.4, -0.2) is 33.9 Å². The molecule has 0 radical (unpaired) electrons. The van der Waals surface area contributed by atoms with Crippen LogP contribution in [0.15, 0.2) is 88.6 Å². The quantitative estimate of drug-likeness (QED) is 0.165. The smallest absolute Gasteiger partial charge is 0.291 e. The molecule has 1 amide bonds. The zero-order chi connectivity index (χ0) is 26.2. The number of hydrogen-bond donors (Lipinski definition) is 1. The fraction of sp³-hybridized carbons (Fsp3) is 0.115. The molecule has 4 aromatic rings. The molecule has 1 N–H and O–H groups in total. The van der Waals surface area contributed by atoms with Crippen molar-refractivity contribution in [2.75, 3.05) is 7.11 Å². The van der Waals surface area contributed by atoms with Crippen LogP contribution in [0, 0.1) is 10.1 Å². The molecular weight excluding hydrogens is 542 g/mol. The Balaban J connectivity index is 1.35. The SMILES string of the molecule is COc1ccc(C=NNC(=O)c2ccn(Cc3ccc(Br)cc3)n2)cc1OCc1ccc([N+](=O)[O-])cc1. The minimum absolute atomic E-state index is 0.0120. The lowest BCUT2D eigenvalue weighted by molar-refractivity contribution is -0.384. The fourth-order valence-electron chi connectivity index (χ4n) is 3.33. The number of non-ortho nitro benzene ring substituents is 1. The third-order valence-corrected chi connectivity index (χ3v) is 5.77. The lowest BCUT2D eigenvalue weighted by Gasteiger charge is -2.11. The highest BCUT2D eigenvalue weighted by molar-refractivity contribution is 9.10. The lowest BCUT2D eigenvalue weighted by Crippen LogP contribution is -2.18. The summed E-state index contributed by atoms with van der Waals surface area (Å²) in [6, 6.07) is 20.8. The van der Waals surface area contributed by atoms with Crippen molar-refractivity contribution in [2.45, 2.75) is 13.2 Å². The molecule has 1 heterocycles. The van der Waals surface area contributed by atoms with Gasteiger partial charge in [-0.15, -0.1) is 0 Å². The van der Waals surface area contributed by atoms with Gasteiger partial charge < -0.3 is 9.47 Å². The molecule has 0 fully saturated rings. The Morgan fingerprint density at radius 3 is 2.51 bits per heavy atom. The Labute approximate surface area is 220 Å². The van der Waals surface area contributed by atoms with E-state index in [1.54, 1.807) is 47.3 Å². The van der Waals surface area contributed by atoms with E-state index in [1.807, 2.05) is 24.3 Å². The topological polar surface area (TPSA) is 121 Å². The van der Waals surface area contributed by atoms with Gasteiger partial charge in [0.15, 0.2) is 17.2 Å². The van der Waals surface area contributed by atoms with Crippen molar-refractivity contribution in [1.82, 2.24) is 15.2 Å². The van der Waals surface area contributed by atoms with E-state index in [4.69, 9.17) is 9.47 Å². The maximum atomic E-state index is 12.4. The van der Waals surface area contributed by atoms with Crippen LogP contribution in [0.1, 0.15) is 27.2 Å². The number of ether oxygens (including phenoxy) is 2. The van der Waals surface area contributed by atoms with E-state index < -0.39 is 10.8 Å². The number of nitrogens with zero attached hydrogens (tertiary/aromatic N) is 4. The van der Waals surface area contributed by atoms with Gasteiger partial charge in [-0.2, -0.15) is 10.2 Å². The maximum Gasteiger partial charge on any atom is 0.291 e. The van der Waals surface area contributed by atoms with Crippen LogP contribution in [-0.2, 0) is 13.2 Å². The number of nitro benzene ring substituents is 1. The van der Waals surface area contributed by atoms with Crippen LogP contribution >= 0.6 is 15.9 Å². The summed E-state index contributed by atoms with van der Waals surface area (Å²) in [5.41, 5.74) is 5.22. The summed E-state index contributed by atoms with van der Waals surface area (Å²) >= 11 is 3.41. The lowest BCUT2D eigenvalue weighted by atomic mass is 10.2. The normalized spacial score (nSPS) is 10.9. The van der Waals surface area contributed by atoms with E-state index in [9.17, 15) is 14.9 Å². The predicted molar refractivity (Wildman–Crippen MR) is 141 cm³/mol. The molecule has 37 heavy (non-hydrogen) atoms. The molecule has 0 atom stereocenters. The van der Waals surface area contributed by atoms with E-state index in [-0.39, 0.29) is 18.0 Å². The Bertz CT molecular complexity index is 1420. The van der Waals surface area contributed by atoms with Crippen LogP contribution in [0.4, 0.5) is 5.69 Å². The van der Waals surface area contributed by atoms with E-state index in [1.165, 1.54) is 25.5 Å². The van der Waals surface area contributed by atoms with Gasteiger partial charge in [-0.1, -0.05) is 28.1 Å². The van der Waals surface area contributed by atoms with Crippen molar-refractivity contribution >= 4 is 33.7 Å². The summed E-state index contributed by atoms with van der Waals surface area (Å²) in [5.74, 6) is 0.538. The van der Waals surface area contributed by atoms with E-state index >= 15 is 0 Å². The van der Waals surface area contributed by atoms with Crippen molar-refractivity contribution in [1.29, 1.82) is 0 Å². The average molecular weight is 564 g/mol. The minimum atomic E-state index is -0.454. The Kier molecular flexibility index (Phi) is 8.26. The van der Waals surface area contributed by atoms with Crippen molar-refractivity contribution < 1.29 is 19.2 Å². The van der Waals surface area contributed by atoms with Crippen molar-refractivity contribution in [3.63, 3.8) is 0 Å². The number of carbonyl (C=O) groups is 1. The molecule has 10 nitrogen and oxygen atoms in total. The Morgan fingerprint density at radius 2 is 1.81 bits per heavy atom. The maximum absolute atomic E-state index is 12.4. The summed E-state index contributed by atoms with van der Waals surface area (Å²) in [4.78, 5) is 22.8. The third-order valence-electron chi connectivity index (χ3n) is 5.24. The van der Waals surface area contributed by atoms with E-state index in [0.717, 1.165) is 15.6 Å². The molecule has 0 aliphatic carbocycles. The second kappa shape index (κ2) is 12.0. The van der Waals surface area contributed by atoms with Gasteiger partial charge in [-0.05, 0) is 65.2 Å². The number of hydrogen-bond acceptors (Lipinski definition) is 7. The molecule has 0 aliphatic rings. The first-order chi connectivity index (χ1) is 17.9. The Hall–Kier alpha value is -4.51. The number of hydrazone groups is 1. The summed E-state index contributed by atoms with van der Waals surface area (Å²) in [6.07, 6.45) is 3.22. The van der Waals surface area contributed by atoms with Gasteiger partial charge in [0, 0.05) is 22.8 Å². The summed E-state index contributed by atoms with van der Waals surface area (Å²) < 4.78 is 13.9. The number of methoxy groups -OCH3 is 1. The fourth-order valence-corrected chi connectivity index (χ4v) is 3.60. The molecule has 0 aliphatic heterocycles. The molecular formula is C26H22BrN5O5. The zero-order valence-electron chi connectivity index (χ0n) is 19.7. The van der Waals surface area contributed by atoms with Crippen molar-refractivity contribution in [3.8, 4) is 11.5 Å². The van der Waals surface area contributed by atoms with Gasteiger partial charge in [-0.25, -0.2) is 5.43 Å². The van der Waals surface area contributed by atoms with Crippen LogP contribution in [0.5, 0.6) is 11.5 Å². The average Bonchev–Trinajstić information content (AvgIpc) is 3.37. The number of carbonyl (C=O) groups excluding carboxylic acids is 1. The van der Waals surface area contributed by atoms with Crippen LogP contribution in [0.3, 0.4) is 0 Å². The molecule has 3 aromatic carbocycles. The molecule has 4 rings (SSSR count). The molecule has 0 bridgehead atoms. The minimum Gasteiger partial charge on any atom is -0.493 e. The van der Waals surface area contributed by atoms with E-state index in [0.29, 0.717) is 23.6 Å². The molecule has 0 unspecified atom stereocenters. The number of nitrogens with one attached hydrogen (secondary N) is 1. The number of nitro groups is 1. The number of amides is 1. The second-order valence-electron chi connectivity index (χ2n) is 7.85. The standard InChI is InChI=1S/C26H22BrN5O5/c1-36-24-11-6-20(14-25(24)37-17-19-4-9-22(10-5-19)32(34)35)15-28-29-26(33)23-12-13-31(30-23)16-18-2-7-21(27)8-3-18/h2-15H,16-17H2,1H3,(H,29,33). The zero-order valence-corrected chi connectivity index (χ0v) is 21.3. The molecule has 0 saturated carbocycles. The monoisotopic (exact) mass is 563 g/mol. The van der Waals surface area contributed by atoms with Gasteiger partial charge in [0.25, 0.3) is 11.6 Å². The van der Waals surface area contributed by atoms with Crippen LogP contribution in [0.2, 0.25) is 0 Å².